The summed E-state index contributed by atoms with van der Waals surface area (Å²) >= 11 is 3.28. The molecule has 1 heterocycles. The van der Waals surface area contributed by atoms with E-state index in [9.17, 15) is 0 Å². The molecule has 1 rings (SSSR count). The third-order valence-corrected chi connectivity index (χ3v) is 3.62. The summed E-state index contributed by atoms with van der Waals surface area (Å²) in [5, 5.41) is 9.86. The lowest BCUT2D eigenvalue weighted by Crippen LogP contribution is -1.90. The van der Waals surface area contributed by atoms with Crippen LogP contribution >= 0.6 is 23.1 Å². The molecule has 1 aromatic rings. The lowest BCUT2D eigenvalue weighted by atomic mass is 10.4. The maximum absolute atomic E-state index is 8.84. The highest BCUT2D eigenvalue weighted by atomic mass is 32.2. The Labute approximate surface area is 92.1 Å². The van der Waals surface area contributed by atoms with Gasteiger partial charge in [0.1, 0.15) is 16.0 Å². The van der Waals surface area contributed by atoms with Crippen molar-refractivity contribution >= 4 is 23.1 Å². The van der Waals surface area contributed by atoms with Gasteiger partial charge in [-0.1, -0.05) is 6.92 Å². The molecule has 3 nitrogen and oxygen atoms in total. The summed E-state index contributed by atoms with van der Waals surface area (Å²) in [7, 11) is 1.61. The zero-order chi connectivity index (χ0) is 10.4. The summed E-state index contributed by atoms with van der Waals surface area (Å²) in [5.74, 6) is 1.96. The first-order chi connectivity index (χ1) is 6.81. The maximum Gasteiger partial charge on any atom is 0.130 e. The molecule has 0 fully saturated rings. The first kappa shape index (κ1) is 11.5. The van der Waals surface area contributed by atoms with E-state index in [1.807, 2.05) is 11.8 Å². The van der Waals surface area contributed by atoms with E-state index in [0.29, 0.717) is 11.5 Å². The first-order valence-electron chi connectivity index (χ1n) is 4.27. The second-order valence-electron chi connectivity index (χ2n) is 2.57. The summed E-state index contributed by atoms with van der Waals surface area (Å²) in [4.78, 5) is 5.04. The predicted octanol–water partition coefficient (Wildman–Crippen LogP) is 2.41. The van der Waals surface area contributed by atoms with E-state index < -0.39 is 0 Å². The minimum atomic E-state index is 0.427. The molecule has 0 aliphatic rings. The lowest BCUT2D eigenvalue weighted by molar-refractivity contribution is 0.181. The fourth-order valence-corrected chi connectivity index (χ4v) is 2.56. The zero-order valence-corrected chi connectivity index (χ0v) is 9.87. The van der Waals surface area contributed by atoms with Gasteiger partial charge in [0, 0.05) is 12.9 Å². The van der Waals surface area contributed by atoms with Gasteiger partial charge < -0.3 is 4.74 Å². The summed E-state index contributed by atoms with van der Waals surface area (Å²) in [5.41, 5.74) is 0.770. The highest BCUT2D eigenvalue weighted by Crippen LogP contribution is 2.22. The largest absolute Gasteiger partial charge is 0.378 e. The monoisotopic (exact) mass is 228 g/mol. The number of nitrogens with zero attached hydrogens (tertiary/aromatic N) is 2. The van der Waals surface area contributed by atoms with Crippen molar-refractivity contribution in [3.8, 4) is 6.07 Å². The maximum atomic E-state index is 8.84. The van der Waals surface area contributed by atoms with E-state index in [4.69, 9.17) is 10.00 Å². The highest BCUT2D eigenvalue weighted by molar-refractivity contribution is 7.98. The van der Waals surface area contributed by atoms with Gasteiger partial charge in [-0.2, -0.15) is 17.0 Å². The second-order valence-corrected chi connectivity index (χ2v) is 4.92. The molecule has 0 aromatic carbocycles. The molecular formula is C9H12N2OS2. The fourth-order valence-electron chi connectivity index (χ4n) is 0.974. The Morgan fingerprint density at radius 3 is 3.00 bits per heavy atom. The third kappa shape index (κ3) is 2.98. The van der Waals surface area contributed by atoms with Crippen molar-refractivity contribution in [3.05, 3.63) is 15.6 Å². The molecule has 76 valence electrons. The molecule has 0 spiro atoms. The average molecular weight is 228 g/mol. The van der Waals surface area contributed by atoms with Crippen LogP contribution in [0.15, 0.2) is 0 Å². The minimum absolute atomic E-state index is 0.427. The molecule has 0 atom stereocenters. The Kier molecular flexibility index (Phi) is 4.94. The molecule has 0 amide bonds. The van der Waals surface area contributed by atoms with Crippen LogP contribution in [0.1, 0.15) is 22.5 Å². The van der Waals surface area contributed by atoms with Crippen LogP contribution in [-0.4, -0.2) is 17.8 Å². The molecule has 0 bridgehead atoms. The van der Waals surface area contributed by atoms with Crippen molar-refractivity contribution in [1.82, 2.24) is 4.98 Å². The van der Waals surface area contributed by atoms with Crippen LogP contribution in [0.5, 0.6) is 0 Å². The molecule has 0 radical (unpaired) electrons. The van der Waals surface area contributed by atoms with E-state index in [0.717, 1.165) is 22.2 Å². The van der Waals surface area contributed by atoms with Gasteiger partial charge in [-0.05, 0) is 5.75 Å². The molecule has 5 heteroatoms. The number of ether oxygens (including phenoxy) is 1. The Morgan fingerprint density at radius 2 is 2.43 bits per heavy atom. The van der Waals surface area contributed by atoms with E-state index in [1.54, 1.807) is 7.11 Å². The van der Waals surface area contributed by atoms with Crippen molar-refractivity contribution in [1.29, 1.82) is 5.26 Å². The van der Waals surface area contributed by atoms with Crippen LogP contribution < -0.4 is 0 Å². The Hall–Kier alpha value is -0.570. The van der Waals surface area contributed by atoms with Crippen LogP contribution in [-0.2, 0) is 17.1 Å². The number of hydrogen-bond acceptors (Lipinski definition) is 5. The smallest absolute Gasteiger partial charge is 0.130 e. The Balaban J connectivity index is 2.74. The SMILES string of the molecule is CCSCc1nc(COC)c(C#N)s1. The van der Waals surface area contributed by atoms with Crippen molar-refractivity contribution in [2.75, 3.05) is 12.9 Å². The standard InChI is InChI=1S/C9H12N2OS2/c1-3-13-6-9-11-7(5-12-2)8(4-10)14-9/h3,5-6H2,1-2H3. The number of thiazole rings is 1. The van der Waals surface area contributed by atoms with E-state index in [2.05, 4.69) is 18.0 Å². The second kappa shape index (κ2) is 6.02. The minimum Gasteiger partial charge on any atom is -0.378 e. The van der Waals surface area contributed by atoms with E-state index >= 15 is 0 Å². The molecule has 0 N–H and O–H groups in total. The number of hydrogen-bond donors (Lipinski definition) is 0. The quantitative estimate of drug-likeness (QED) is 0.776. The first-order valence-corrected chi connectivity index (χ1v) is 6.24. The number of methoxy groups -OCH3 is 1. The average Bonchev–Trinajstić information content (AvgIpc) is 2.58. The zero-order valence-electron chi connectivity index (χ0n) is 8.24. The Bertz CT molecular complexity index is 330. The van der Waals surface area contributed by atoms with Gasteiger partial charge in [-0.3, -0.25) is 0 Å². The summed E-state index contributed by atoms with van der Waals surface area (Å²) in [6, 6.07) is 2.14. The van der Waals surface area contributed by atoms with Gasteiger partial charge in [0.05, 0.1) is 12.3 Å². The third-order valence-electron chi connectivity index (χ3n) is 1.55. The fraction of sp³-hybridized carbons (Fsp3) is 0.556. The molecule has 1 aromatic heterocycles. The van der Waals surface area contributed by atoms with Crippen LogP contribution in [0, 0.1) is 11.3 Å². The molecule has 0 unspecified atom stereocenters. The molecule has 0 saturated heterocycles. The van der Waals surface area contributed by atoms with Gasteiger partial charge in [-0.25, -0.2) is 4.98 Å². The topological polar surface area (TPSA) is 45.9 Å². The molecule has 0 aliphatic carbocycles. The van der Waals surface area contributed by atoms with Crippen molar-refractivity contribution in [2.24, 2.45) is 0 Å². The van der Waals surface area contributed by atoms with Gasteiger partial charge in [0.15, 0.2) is 0 Å². The molecule has 0 aliphatic heterocycles. The van der Waals surface area contributed by atoms with Crippen molar-refractivity contribution in [2.45, 2.75) is 19.3 Å². The molecular weight excluding hydrogens is 216 g/mol. The van der Waals surface area contributed by atoms with Crippen LogP contribution in [0.4, 0.5) is 0 Å². The number of rotatable bonds is 5. The molecule has 14 heavy (non-hydrogen) atoms. The van der Waals surface area contributed by atoms with Gasteiger partial charge in [-0.15, -0.1) is 11.3 Å². The number of aromatic nitrogens is 1. The van der Waals surface area contributed by atoms with Crippen LogP contribution in [0.3, 0.4) is 0 Å². The van der Waals surface area contributed by atoms with Crippen LogP contribution in [0.25, 0.3) is 0 Å². The summed E-state index contributed by atoms with van der Waals surface area (Å²) < 4.78 is 4.97. The van der Waals surface area contributed by atoms with Gasteiger partial charge >= 0.3 is 0 Å². The predicted molar refractivity (Wildman–Crippen MR) is 59.4 cm³/mol. The summed E-state index contributed by atoms with van der Waals surface area (Å²) in [6.07, 6.45) is 0. The lowest BCUT2D eigenvalue weighted by Gasteiger charge is -1.93. The van der Waals surface area contributed by atoms with E-state index in [-0.39, 0.29) is 0 Å². The van der Waals surface area contributed by atoms with E-state index in [1.165, 1.54) is 11.3 Å². The number of nitriles is 1. The highest BCUT2D eigenvalue weighted by Gasteiger charge is 2.09. The molecule has 0 saturated carbocycles. The Morgan fingerprint density at radius 1 is 1.64 bits per heavy atom. The van der Waals surface area contributed by atoms with Gasteiger partial charge in [0.25, 0.3) is 0 Å². The summed E-state index contributed by atoms with van der Waals surface area (Å²) in [6.45, 7) is 2.54. The van der Waals surface area contributed by atoms with Crippen LogP contribution in [0.2, 0.25) is 0 Å². The normalized spacial score (nSPS) is 10.1. The van der Waals surface area contributed by atoms with Crippen molar-refractivity contribution < 1.29 is 4.74 Å². The number of thioether (sulfide) groups is 1. The van der Waals surface area contributed by atoms with Crippen molar-refractivity contribution in [3.63, 3.8) is 0 Å². The van der Waals surface area contributed by atoms with Gasteiger partial charge in [0.2, 0.25) is 0 Å².